The number of hydrogen-bond acceptors (Lipinski definition) is 3. The zero-order valence-corrected chi connectivity index (χ0v) is 11.5. The lowest BCUT2D eigenvalue weighted by molar-refractivity contribution is -0.0385. The zero-order valence-electron chi connectivity index (χ0n) is 11.5. The lowest BCUT2D eigenvalue weighted by Crippen LogP contribution is -2.42. The number of hydrogen-bond donors (Lipinski definition) is 1. The Morgan fingerprint density at radius 1 is 1.39 bits per heavy atom. The van der Waals surface area contributed by atoms with Gasteiger partial charge in [0.25, 0.3) is 0 Å². The molecule has 1 aliphatic rings. The highest BCUT2D eigenvalue weighted by molar-refractivity contribution is 5.41. The molecule has 0 radical (unpaired) electrons. The molecule has 0 spiro atoms. The lowest BCUT2D eigenvalue weighted by atomic mass is 9.84. The van der Waals surface area contributed by atoms with Gasteiger partial charge in [0.1, 0.15) is 5.75 Å². The molecule has 0 saturated heterocycles. The molecule has 2 N–H and O–H groups in total. The summed E-state index contributed by atoms with van der Waals surface area (Å²) in [7, 11) is 1.75. The molecule has 0 aromatic heterocycles. The first-order chi connectivity index (χ1) is 8.66. The Labute approximate surface area is 109 Å². The van der Waals surface area contributed by atoms with Crippen LogP contribution in [0.2, 0.25) is 0 Å². The zero-order chi connectivity index (χ0) is 13.2. The normalized spacial score (nSPS) is 16.2. The second-order valence-electron chi connectivity index (χ2n) is 4.92. The lowest BCUT2D eigenvalue weighted by Gasteiger charge is -2.36. The van der Waals surface area contributed by atoms with Gasteiger partial charge in [-0.2, -0.15) is 0 Å². The Hall–Kier alpha value is -1.06. The van der Waals surface area contributed by atoms with E-state index in [0.29, 0.717) is 0 Å². The van der Waals surface area contributed by atoms with Crippen molar-refractivity contribution in [3.63, 3.8) is 0 Å². The molecule has 0 amide bonds. The summed E-state index contributed by atoms with van der Waals surface area (Å²) in [6, 6.07) is 6.17. The van der Waals surface area contributed by atoms with E-state index in [-0.39, 0.29) is 11.6 Å². The molecule has 3 heteroatoms. The van der Waals surface area contributed by atoms with Crippen LogP contribution < -0.4 is 10.5 Å². The van der Waals surface area contributed by atoms with Crippen LogP contribution in [0.1, 0.15) is 43.9 Å². The van der Waals surface area contributed by atoms with E-state index in [1.54, 1.807) is 7.11 Å². The Bertz CT molecular complexity index is 405. The Morgan fingerprint density at radius 2 is 2.11 bits per heavy atom. The Balaban J connectivity index is 2.30. The molecule has 1 aromatic rings. The summed E-state index contributed by atoms with van der Waals surface area (Å²) >= 11 is 0. The minimum absolute atomic E-state index is 0.0941. The molecule has 1 aromatic carbocycles. The van der Waals surface area contributed by atoms with Crippen LogP contribution in [0.15, 0.2) is 18.2 Å². The van der Waals surface area contributed by atoms with Gasteiger partial charge in [0.15, 0.2) is 0 Å². The molecular weight excluding hydrogens is 226 g/mol. The SMILES string of the molecule is CCC(CC)(OC)C(N)c1ccc2c(c1)CCO2. The van der Waals surface area contributed by atoms with E-state index < -0.39 is 0 Å². The minimum Gasteiger partial charge on any atom is -0.493 e. The van der Waals surface area contributed by atoms with Crippen LogP contribution >= 0.6 is 0 Å². The van der Waals surface area contributed by atoms with E-state index in [0.717, 1.165) is 37.2 Å². The molecule has 2 rings (SSSR count). The van der Waals surface area contributed by atoms with E-state index in [4.69, 9.17) is 15.2 Å². The van der Waals surface area contributed by atoms with Crippen LogP contribution in [-0.2, 0) is 11.2 Å². The van der Waals surface area contributed by atoms with Crippen LogP contribution in [0, 0.1) is 0 Å². The van der Waals surface area contributed by atoms with Crippen molar-refractivity contribution >= 4 is 0 Å². The molecule has 1 atom stereocenters. The van der Waals surface area contributed by atoms with Gasteiger partial charge in [0.2, 0.25) is 0 Å². The van der Waals surface area contributed by atoms with Gasteiger partial charge in [-0.05, 0) is 30.0 Å². The smallest absolute Gasteiger partial charge is 0.122 e. The molecule has 1 aliphatic heterocycles. The van der Waals surface area contributed by atoms with E-state index in [2.05, 4.69) is 26.0 Å². The minimum atomic E-state index is -0.270. The summed E-state index contributed by atoms with van der Waals surface area (Å²) in [6.45, 7) is 5.04. The third-order valence-corrected chi connectivity index (χ3v) is 4.24. The second kappa shape index (κ2) is 5.29. The number of ether oxygens (including phenoxy) is 2. The number of fused-ring (bicyclic) bond motifs is 1. The van der Waals surface area contributed by atoms with Crippen molar-refractivity contribution in [3.8, 4) is 5.75 Å². The molecule has 1 unspecified atom stereocenters. The fraction of sp³-hybridized carbons (Fsp3) is 0.600. The van der Waals surface area contributed by atoms with Gasteiger partial charge in [0.05, 0.1) is 18.2 Å². The third kappa shape index (κ3) is 2.13. The predicted octanol–water partition coefficient (Wildman–Crippen LogP) is 2.83. The Morgan fingerprint density at radius 3 is 2.72 bits per heavy atom. The summed E-state index contributed by atoms with van der Waals surface area (Å²) in [5.41, 5.74) is 8.57. The van der Waals surface area contributed by atoms with Gasteiger partial charge in [-0.15, -0.1) is 0 Å². The second-order valence-corrected chi connectivity index (χ2v) is 4.92. The van der Waals surface area contributed by atoms with Gasteiger partial charge >= 0.3 is 0 Å². The van der Waals surface area contributed by atoms with Crippen LogP contribution in [0.5, 0.6) is 5.75 Å². The molecule has 3 nitrogen and oxygen atoms in total. The van der Waals surface area contributed by atoms with Crippen molar-refractivity contribution in [1.29, 1.82) is 0 Å². The Kier molecular flexibility index (Phi) is 3.93. The molecule has 100 valence electrons. The van der Waals surface area contributed by atoms with Crippen molar-refractivity contribution in [2.45, 2.75) is 44.8 Å². The molecule has 1 heterocycles. The molecule has 18 heavy (non-hydrogen) atoms. The highest BCUT2D eigenvalue weighted by Crippen LogP contribution is 2.35. The molecule has 0 saturated carbocycles. The summed E-state index contributed by atoms with van der Waals surface area (Å²) in [4.78, 5) is 0. The van der Waals surface area contributed by atoms with Crippen molar-refractivity contribution in [2.24, 2.45) is 5.73 Å². The first-order valence-corrected chi connectivity index (χ1v) is 6.73. The summed E-state index contributed by atoms with van der Waals surface area (Å²) < 4.78 is 11.2. The van der Waals surface area contributed by atoms with E-state index in [1.165, 1.54) is 5.56 Å². The van der Waals surface area contributed by atoms with Crippen molar-refractivity contribution in [3.05, 3.63) is 29.3 Å². The molecule has 0 bridgehead atoms. The highest BCUT2D eigenvalue weighted by atomic mass is 16.5. The third-order valence-electron chi connectivity index (χ3n) is 4.24. The average molecular weight is 249 g/mol. The standard InChI is InChI=1S/C15H23NO2/c1-4-15(5-2,17-3)14(16)12-6-7-13-11(10-12)8-9-18-13/h6-7,10,14H,4-5,8-9,16H2,1-3H3. The van der Waals surface area contributed by atoms with E-state index in [1.807, 2.05) is 6.07 Å². The highest BCUT2D eigenvalue weighted by Gasteiger charge is 2.34. The summed E-state index contributed by atoms with van der Waals surface area (Å²) in [5.74, 6) is 1.00. The first-order valence-electron chi connectivity index (χ1n) is 6.73. The quantitative estimate of drug-likeness (QED) is 0.872. The van der Waals surface area contributed by atoms with Gasteiger partial charge in [-0.3, -0.25) is 0 Å². The van der Waals surface area contributed by atoms with Crippen molar-refractivity contribution in [1.82, 2.24) is 0 Å². The topological polar surface area (TPSA) is 44.5 Å². The number of nitrogens with two attached hydrogens (primary N) is 1. The molecular formula is C15H23NO2. The van der Waals surface area contributed by atoms with Crippen LogP contribution in [0.4, 0.5) is 0 Å². The molecule has 0 fully saturated rings. The van der Waals surface area contributed by atoms with Gasteiger partial charge < -0.3 is 15.2 Å². The summed E-state index contributed by atoms with van der Waals surface area (Å²) in [6.07, 6.45) is 2.80. The fourth-order valence-electron chi connectivity index (χ4n) is 2.81. The van der Waals surface area contributed by atoms with Crippen molar-refractivity contribution in [2.75, 3.05) is 13.7 Å². The summed E-state index contributed by atoms with van der Waals surface area (Å²) in [5, 5.41) is 0. The maximum atomic E-state index is 6.43. The van der Waals surface area contributed by atoms with Crippen LogP contribution in [-0.4, -0.2) is 19.3 Å². The first kappa shape index (κ1) is 13.4. The molecule has 0 aliphatic carbocycles. The van der Waals surface area contributed by atoms with E-state index in [9.17, 15) is 0 Å². The van der Waals surface area contributed by atoms with Crippen LogP contribution in [0.25, 0.3) is 0 Å². The maximum Gasteiger partial charge on any atom is 0.122 e. The number of benzene rings is 1. The van der Waals surface area contributed by atoms with Gasteiger partial charge in [-0.25, -0.2) is 0 Å². The fourth-order valence-corrected chi connectivity index (χ4v) is 2.81. The number of methoxy groups -OCH3 is 1. The monoisotopic (exact) mass is 249 g/mol. The van der Waals surface area contributed by atoms with Gasteiger partial charge in [0, 0.05) is 13.5 Å². The van der Waals surface area contributed by atoms with Gasteiger partial charge in [-0.1, -0.05) is 26.0 Å². The van der Waals surface area contributed by atoms with Crippen molar-refractivity contribution < 1.29 is 9.47 Å². The number of rotatable bonds is 5. The largest absolute Gasteiger partial charge is 0.493 e. The predicted molar refractivity (Wildman–Crippen MR) is 72.9 cm³/mol. The average Bonchev–Trinajstić information content (AvgIpc) is 2.88. The van der Waals surface area contributed by atoms with Crippen LogP contribution in [0.3, 0.4) is 0 Å². The van der Waals surface area contributed by atoms with E-state index >= 15 is 0 Å². The maximum absolute atomic E-state index is 6.43.